The molecule has 4 heteroatoms. The third kappa shape index (κ3) is 3.79. The summed E-state index contributed by atoms with van der Waals surface area (Å²) in [5.41, 5.74) is 4.63. The Morgan fingerprint density at radius 1 is 1.04 bits per heavy atom. The molecule has 2 aromatic rings. The van der Waals surface area contributed by atoms with Gasteiger partial charge in [-0.25, -0.2) is 0 Å². The molecule has 0 spiro atoms. The van der Waals surface area contributed by atoms with E-state index in [2.05, 4.69) is 6.07 Å². The van der Waals surface area contributed by atoms with Gasteiger partial charge in [-0.05, 0) is 43.9 Å². The number of benzene rings is 2. The summed E-state index contributed by atoms with van der Waals surface area (Å²) in [4.78, 5) is 23.6. The third-order valence-corrected chi connectivity index (χ3v) is 4.49. The second-order valence-electron chi connectivity index (χ2n) is 7.72. The van der Waals surface area contributed by atoms with Crippen molar-refractivity contribution in [2.45, 2.75) is 46.8 Å². The number of hydrogen-bond acceptors (Lipinski definition) is 4. The van der Waals surface area contributed by atoms with Crippen LogP contribution in [-0.4, -0.2) is 11.9 Å². The van der Waals surface area contributed by atoms with Gasteiger partial charge < -0.3 is 9.47 Å². The lowest BCUT2D eigenvalue weighted by atomic mass is 9.83. The largest absolute Gasteiger partial charge is 0.461 e. The quantitative estimate of drug-likeness (QED) is 0.772. The Kier molecular flexibility index (Phi) is 4.86. The van der Waals surface area contributed by atoms with Gasteiger partial charge in [0.05, 0.1) is 5.41 Å². The van der Waals surface area contributed by atoms with E-state index < -0.39 is 11.5 Å². The molecule has 1 aliphatic rings. The lowest BCUT2D eigenvalue weighted by molar-refractivity contribution is -0.157. The van der Waals surface area contributed by atoms with Crippen LogP contribution in [0.2, 0.25) is 0 Å². The molecule has 0 aliphatic heterocycles. The van der Waals surface area contributed by atoms with Gasteiger partial charge in [0.2, 0.25) is 0 Å². The maximum Gasteiger partial charge on any atom is 0.312 e. The van der Waals surface area contributed by atoms with Crippen molar-refractivity contribution in [3.63, 3.8) is 0 Å². The molecule has 4 nitrogen and oxygen atoms in total. The van der Waals surface area contributed by atoms with Crippen LogP contribution in [0.3, 0.4) is 0 Å². The molecule has 0 bridgehead atoms. The van der Waals surface area contributed by atoms with Gasteiger partial charge in [-0.2, -0.15) is 0 Å². The fraction of sp³-hybridized carbons (Fsp3) is 0.364. The molecule has 0 radical (unpaired) electrons. The highest BCUT2D eigenvalue weighted by atomic mass is 16.5. The topological polar surface area (TPSA) is 52.6 Å². The van der Waals surface area contributed by atoms with Gasteiger partial charge in [-0.15, -0.1) is 0 Å². The standard InChI is InChI=1S/C22H24O4/c1-14(23)25-13-15-9-10-19-17(11-15)12-16-7-5-6-8-18(16)20(19)26-21(24)22(2,3)4/h5-11,20H,12-13H2,1-4H3. The highest BCUT2D eigenvalue weighted by Gasteiger charge is 2.32. The van der Waals surface area contributed by atoms with E-state index in [1.807, 2.05) is 57.2 Å². The molecule has 1 atom stereocenters. The lowest BCUT2D eigenvalue weighted by Gasteiger charge is -2.30. The Bertz CT molecular complexity index is 845. The van der Waals surface area contributed by atoms with Gasteiger partial charge in [0.15, 0.2) is 6.10 Å². The number of rotatable bonds is 3. The van der Waals surface area contributed by atoms with Crippen molar-refractivity contribution >= 4 is 11.9 Å². The van der Waals surface area contributed by atoms with Crippen LogP contribution < -0.4 is 0 Å². The van der Waals surface area contributed by atoms with E-state index in [4.69, 9.17) is 9.47 Å². The van der Waals surface area contributed by atoms with E-state index in [1.165, 1.54) is 6.92 Å². The summed E-state index contributed by atoms with van der Waals surface area (Å²) in [7, 11) is 0. The minimum atomic E-state index is -0.568. The Morgan fingerprint density at radius 2 is 1.73 bits per heavy atom. The van der Waals surface area contributed by atoms with Crippen LogP contribution in [0.4, 0.5) is 0 Å². The third-order valence-electron chi connectivity index (χ3n) is 4.49. The zero-order valence-electron chi connectivity index (χ0n) is 15.7. The maximum atomic E-state index is 12.5. The second kappa shape index (κ2) is 6.94. The second-order valence-corrected chi connectivity index (χ2v) is 7.72. The summed E-state index contributed by atoms with van der Waals surface area (Å²) in [6.45, 7) is 7.21. The van der Waals surface area contributed by atoms with Crippen molar-refractivity contribution in [1.82, 2.24) is 0 Å². The molecule has 2 aromatic carbocycles. The average Bonchev–Trinajstić information content (AvgIpc) is 2.58. The first-order chi connectivity index (χ1) is 12.3. The van der Waals surface area contributed by atoms with E-state index in [9.17, 15) is 9.59 Å². The van der Waals surface area contributed by atoms with Crippen molar-refractivity contribution in [3.8, 4) is 0 Å². The lowest BCUT2D eigenvalue weighted by Crippen LogP contribution is -2.27. The summed E-state index contributed by atoms with van der Waals surface area (Å²) >= 11 is 0. The zero-order valence-corrected chi connectivity index (χ0v) is 15.7. The molecular formula is C22H24O4. The van der Waals surface area contributed by atoms with Gasteiger partial charge in [-0.1, -0.05) is 42.5 Å². The van der Waals surface area contributed by atoms with E-state index in [-0.39, 0.29) is 18.5 Å². The van der Waals surface area contributed by atoms with Gasteiger partial charge in [0.1, 0.15) is 6.61 Å². The van der Waals surface area contributed by atoms with Crippen molar-refractivity contribution < 1.29 is 19.1 Å². The first-order valence-corrected chi connectivity index (χ1v) is 8.79. The summed E-state index contributed by atoms with van der Waals surface area (Å²) in [5, 5.41) is 0. The van der Waals surface area contributed by atoms with Crippen LogP contribution in [0.15, 0.2) is 42.5 Å². The molecule has 0 amide bonds. The number of carbonyl (C=O) groups is 2. The monoisotopic (exact) mass is 352 g/mol. The predicted octanol–water partition coefficient (Wildman–Crippen LogP) is 4.33. The molecule has 0 saturated heterocycles. The van der Waals surface area contributed by atoms with Crippen LogP contribution in [-0.2, 0) is 32.1 Å². The molecule has 26 heavy (non-hydrogen) atoms. The predicted molar refractivity (Wildman–Crippen MR) is 98.6 cm³/mol. The van der Waals surface area contributed by atoms with Gasteiger partial charge in [0.25, 0.3) is 0 Å². The highest BCUT2D eigenvalue weighted by molar-refractivity contribution is 5.76. The Morgan fingerprint density at radius 3 is 2.42 bits per heavy atom. The summed E-state index contributed by atoms with van der Waals surface area (Å²) in [5.74, 6) is -0.529. The SMILES string of the molecule is CC(=O)OCc1ccc2c(c1)Cc1ccccc1C2OC(=O)C(C)(C)C. The van der Waals surface area contributed by atoms with Gasteiger partial charge in [-0.3, -0.25) is 9.59 Å². The van der Waals surface area contributed by atoms with Gasteiger partial charge >= 0.3 is 11.9 Å². The van der Waals surface area contributed by atoms with Crippen LogP contribution in [0.5, 0.6) is 0 Å². The van der Waals surface area contributed by atoms with Crippen molar-refractivity contribution in [2.24, 2.45) is 5.41 Å². The van der Waals surface area contributed by atoms with Crippen molar-refractivity contribution in [3.05, 3.63) is 70.3 Å². The number of ether oxygens (including phenoxy) is 2. The van der Waals surface area contributed by atoms with E-state index in [0.29, 0.717) is 0 Å². The smallest absolute Gasteiger partial charge is 0.312 e. The molecule has 1 aliphatic carbocycles. The van der Waals surface area contributed by atoms with Crippen molar-refractivity contribution in [2.75, 3.05) is 0 Å². The summed E-state index contributed by atoms with van der Waals surface area (Å²) < 4.78 is 11.0. The van der Waals surface area contributed by atoms with E-state index in [1.54, 1.807) is 0 Å². The zero-order chi connectivity index (χ0) is 18.9. The first kappa shape index (κ1) is 18.2. The van der Waals surface area contributed by atoms with Crippen LogP contribution >= 0.6 is 0 Å². The fourth-order valence-corrected chi connectivity index (χ4v) is 3.08. The van der Waals surface area contributed by atoms with E-state index >= 15 is 0 Å². The molecule has 0 fully saturated rings. The maximum absolute atomic E-state index is 12.5. The molecule has 0 N–H and O–H groups in total. The van der Waals surface area contributed by atoms with Crippen LogP contribution in [0.25, 0.3) is 0 Å². The normalized spacial score (nSPS) is 15.6. The first-order valence-electron chi connectivity index (χ1n) is 8.79. The number of hydrogen-bond donors (Lipinski definition) is 0. The van der Waals surface area contributed by atoms with E-state index in [0.717, 1.165) is 34.2 Å². The average molecular weight is 352 g/mol. The van der Waals surface area contributed by atoms with Crippen LogP contribution in [0, 0.1) is 5.41 Å². The minimum absolute atomic E-state index is 0.228. The minimum Gasteiger partial charge on any atom is -0.461 e. The molecular weight excluding hydrogens is 328 g/mol. The molecule has 0 aromatic heterocycles. The molecule has 136 valence electrons. The molecule has 3 rings (SSSR count). The Hall–Kier alpha value is -2.62. The number of esters is 2. The van der Waals surface area contributed by atoms with Crippen LogP contribution in [0.1, 0.15) is 61.6 Å². The fourth-order valence-electron chi connectivity index (χ4n) is 3.08. The summed E-state index contributed by atoms with van der Waals surface area (Å²) in [6, 6.07) is 14.0. The van der Waals surface area contributed by atoms with Crippen molar-refractivity contribution in [1.29, 1.82) is 0 Å². The number of carbonyl (C=O) groups excluding carboxylic acids is 2. The molecule has 0 heterocycles. The molecule has 1 unspecified atom stereocenters. The summed E-state index contributed by atoms with van der Waals surface area (Å²) in [6.07, 6.45) is 0.354. The Balaban J connectivity index is 1.97. The number of fused-ring (bicyclic) bond motifs is 2. The molecule has 0 saturated carbocycles. The van der Waals surface area contributed by atoms with Gasteiger partial charge in [0, 0.05) is 18.1 Å². The Labute approximate surface area is 154 Å². The highest BCUT2D eigenvalue weighted by Crippen LogP contribution is 2.39.